The monoisotopic (exact) mass is 692 g/mol. The minimum Gasteiger partial charge on any atom is -0.317 e. The topological polar surface area (TPSA) is 38.7 Å². The van der Waals surface area contributed by atoms with Crippen LogP contribution in [0.4, 0.5) is 0 Å². The molecule has 0 saturated carbocycles. The van der Waals surface area contributed by atoms with Crippen molar-refractivity contribution in [3.05, 3.63) is 121 Å². The molecule has 5 rings (SSSR count). The third-order valence-electron chi connectivity index (χ3n) is 6.21. The fourth-order valence-corrected chi connectivity index (χ4v) is 5.90. The predicted molar refractivity (Wildman–Crippen MR) is 157 cm³/mol. The molecule has 0 saturated heterocycles. The number of aromatic nitrogens is 3. The quantitative estimate of drug-likeness (QED) is 0.141. The van der Waals surface area contributed by atoms with Gasteiger partial charge in [0.25, 0.3) is 0 Å². The Kier molecular flexibility index (Phi) is 10.4. The van der Waals surface area contributed by atoms with E-state index < -0.39 is 8.07 Å². The van der Waals surface area contributed by atoms with Crippen molar-refractivity contribution in [3.63, 3.8) is 0 Å². The Morgan fingerprint density at radius 1 is 0.763 bits per heavy atom. The van der Waals surface area contributed by atoms with Gasteiger partial charge in [-0.25, -0.2) is 0 Å². The van der Waals surface area contributed by atoms with Crippen LogP contribution in [0.2, 0.25) is 19.6 Å². The van der Waals surface area contributed by atoms with Crippen molar-refractivity contribution >= 4 is 13.3 Å². The van der Waals surface area contributed by atoms with E-state index in [1.165, 1.54) is 21.9 Å². The van der Waals surface area contributed by atoms with Gasteiger partial charge < -0.3 is 9.97 Å². The third kappa shape index (κ3) is 7.41. The predicted octanol–water partition coefficient (Wildman–Crippen LogP) is 7.57. The Labute approximate surface area is 241 Å². The van der Waals surface area contributed by atoms with E-state index >= 15 is 0 Å². The molecule has 5 heteroatoms. The van der Waals surface area contributed by atoms with Crippen molar-refractivity contribution in [2.24, 2.45) is 0 Å². The summed E-state index contributed by atoms with van der Waals surface area (Å²) in [6.07, 6.45) is 6.82. The van der Waals surface area contributed by atoms with Gasteiger partial charge in [-0.15, -0.1) is 42.0 Å². The van der Waals surface area contributed by atoms with Crippen LogP contribution >= 0.6 is 0 Å². The van der Waals surface area contributed by atoms with Gasteiger partial charge in [0, 0.05) is 38.1 Å². The number of hydrogen-bond donors (Lipinski definition) is 0. The SMILES string of the molecule is CCc1cc(-c2[c-]cccc2)ncc1[Si](C)(C)C.Cc1cc(-c2[c-]cccn2)ncc1-c1ccccc1.[Ir]. The van der Waals surface area contributed by atoms with E-state index in [-0.39, 0.29) is 20.1 Å². The van der Waals surface area contributed by atoms with E-state index in [0.717, 1.165) is 34.6 Å². The zero-order valence-electron chi connectivity index (χ0n) is 22.6. The summed E-state index contributed by atoms with van der Waals surface area (Å²) in [4.78, 5) is 13.4. The minimum absolute atomic E-state index is 0. The third-order valence-corrected chi connectivity index (χ3v) is 8.27. The first-order valence-corrected chi connectivity index (χ1v) is 16.2. The molecule has 0 bridgehead atoms. The first kappa shape index (κ1) is 29.3. The summed E-state index contributed by atoms with van der Waals surface area (Å²) in [6.45, 7) is 11.4. The second kappa shape index (κ2) is 13.5. The standard InChI is InChI=1S/C17H13N2.C16H20NSi.Ir/c1-13-11-17(16-9-5-6-10-18-16)19-12-15(13)14-7-3-2-4-8-14;1-5-13-11-15(14-9-7-6-8-10-14)17-12-16(13)18(2,3)4;/h2-8,10-12H,1H3;6-9,11-12H,5H2,1-4H3;/q2*-1;. The van der Waals surface area contributed by atoms with E-state index in [4.69, 9.17) is 0 Å². The molecule has 38 heavy (non-hydrogen) atoms. The van der Waals surface area contributed by atoms with Crippen molar-refractivity contribution < 1.29 is 20.1 Å². The Balaban J connectivity index is 0.000000206. The molecule has 1 radical (unpaired) electrons. The number of benzene rings is 2. The molecule has 3 heterocycles. The Morgan fingerprint density at radius 3 is 2.08 bits per heavy atom. The first-order valence-electron chi connectivity index (χ1n) is 12.7. The smallest absolute Gasteiger partial charge is 0.0798 e. The van der Waals surface area contributed by atoms with Crippen molar-refractivity contribution in [2.45, 2.75) is 39.9 Å². The van der Waals surface area contributed by atoms with Crippen LogP contribution < -0.4 is 5.19 Å². The van der Waals surface area contributed by atoms with Gasteiger partial charge in [-0.2, -0.15) is 12.1 Å². The van der Waals surface area contributed by atoms with E-state index in [0.29, 0.717) is 0 Å². The van der Waals surface area contributed by atoms with Crippen molar-refractivity contribution in [1.82, 2.24) is 15.0 Å². The summed E-state index contributed by atoms with van der Waals surface area (Å²) in [5.41, 5.74) is 8.72. The van der Waals surface area contributed by atoms with E-state index in [1.807, 2.05) is 54.7 Å². The molecule has 0 aliphatic heterocycles. The van der Waals surface area contributed by atoms with Crippen molar-refractivity contribution in [1.29, 1.82) is 0 Å². The number of rotatable bonds is 5. The summed E-state index contributed by atoms with van der Waals surface area (Å²) >= 11 is 0. The molecule has 5 aromatic rings. The van der Waals surface area contributed by atoms with Gasteiger partial charge in [0.1, 0.15) is 0 Å². The van der Waals surface area contributed by atoms with Crippen LogP contribution in [0.3, 0.4) is 0 Å². The van der Waals surface area contributed by atoms with Crippen LogP contribution in [0.5, 0.6) is 0 Å². The van der Waals surface area contributed by atoms with E-state index in [9.17, 15) is 0 Å². The van der Waals surface area contributed by atoms with Crippen LogP contribution in [0.15, 0.2) is 97.5 Å². The summed E-state index contributed by atoms with van der Waals surface area (Å²) in [7, 11) is -1.30. The summed E-state index contributed by atoms with van der Waals surface area (Å²) in [5, 5.41) is 1.48. The van der Waals surface area contributed by atoms with Gasteiger partial charge in [-0.1, -0.05) is 80.2 Å². The molecule has 2 aromatic carbocycles. The molecule has 195 valence electrons. The Morgan fingerprint density at radius 2 is 1.47 bits per heavy atom. The van der Waals surface area contributed by atoms with Gasteiger partial charge in [0.15, 0.2) is 0 Å². The average molecular weight is 692 g/mol. The second-order valence-electron chi connectivity index (χ2n) is 9.99. The van der Waals surface area contributed by atoms with Crippen LogP contribution in [0.1, 0.15) is 18.1 Å². The molecule has 0 fully saturated rings. The fourth-order valence-electron chi connectivity index (χ4n) is 4.24. The molecule has 0 N–H and O–H groups in total. The molecule has 3 aromatic heterocycles. The number of aryl methyl sites for hydroxylation is 2. The van der Waals surface area contributed by atoms with Gasteiger partial charge in [-0.05, 0) is 47.4 Å². The molecule has 0 atom stereocenters. The summed E-state index contributed by atoms with van der Waals surface area (Å²) in [5.74, 6) is 0. The first-order chi connectivity index (χ1) is 17.9. The molecule has 0 amide bonds. The number of pyridine rings is 3. The molecule has 0 unspecified atom stereocenters. The van der Waals surface area contributed by atoms with Crippen LogP contribution in [-0.4, -0.2) is 23.0 Å². The Bertz CT molecular complexity index is 1430. The van der Waals surface area contributed by atoms with E-state index in [2.05, 4.69) is 97.1 Å². The normalized spacial score (nSPS) is 10.7. The maximum absolute atomic E-state index is 4.63. The fraction of sp³-hybridized carbons (Fsp3) is 0.182. The molecular formula is C33H33IrN3Si-2. The molecule has 3 nitrogen and oxygen atoms in total. The maximum atomic E-state index is 4.63. The largest absolute Gasteiger partial charge is 0.317 e. The van der Waals surface area contributed by atoms with E-state index in [1.54, 1.807) is 6.20 Å². The Hall–Kier alpha value is -3.24. The van der Waals surface area contributed by atoms with Gasteiger partial charge in [0.05, 0.1) is 8.07 Å². The molecule has 0 aliphatic rings. The number of nitrogens with zero attached hydrogens (tertiary/aromatic N) is 3. The van der Waals surface area contributed by atoms with Crippen LogP contribution in [0, 0.1) is 19.1 Å². The van der Waals surface area contributed by atoms with Crippen molar-refractivity contribution in [3.8, 4) is 33.8 Å². The summed E-state index contributed by atoms with van der Waals surface area (Å²) in [6, 6.07) is 32.6. The zero-order valence-corrected chi connectivity index (χ0v) is 26.0. The van der Waals surface area contributed by atoms with Crippen LogP contribution in [0.25, 0.3) is 33.8 Å². The molecular weight excluding hydrogens is 659 g/mol. The van der Waals surface area contributed by atoms with Gasteiger partial charge >= 0.3 is 0 Å². The maximum Gasteiger partial charge on any atom is 0.0798 e. The van der Waals surface area contributed by atoms with Gasteiger partial charge in [-0.3, -0.25) is 4.98 Å². The minimum atomic E-state index is -1.30. The molecule has 0 aliphatic carbocycles. The number of hydrogen-bond acceptors (Lipinski definition) is 3. The summed E-state index contributed by atoms with van der Waals surface area (Å²) < 4.78 is 0. The van der Waals surface area contributed by atoms with Gasteiger partial charge in [0.2, 0.25) is 0 Å². The van der Waals surface area contributed by atoms with Crippen molar-refractivity contribution in [2.75, 3.05) is 0 Å². The second-order valence-corrected chi connectivity index (χ2v) is 15.0. The molecule has 0 spiro atoms. The average Bonchev–Trinajstić information content (AvgIpc) is 2.94. The zero-order chi connectivity index (χ0) is 26.3. The van der Waals surface area contributed by atoms with Crippen LogP contribution in [-0.2, 0) is 26.5 Å².